The highest BCUT2D eigenvalue weighted by atomic mass is 16.5. The number of aromatic nitrogens is 3. The number of nitrogens with zero attached hydrogens (tertiary/aromatic N) is 4. The number of carbonyl (C=O) groups excluding carboxylic acids is 2. The number of likely N-dealkylation sites (N-methyl/N-ethyl adjacent to an activating group) is 1. The SMILES string of the molecule is COc1nn(C)c2nc(C)c(CCC(=O)N(C)CC(=O)NC(C)(C)C)c(C)c12. The fourth-order valence-corrected chi connectivity index (χ4v) is 3.29. The molecule has 2 rings (SSSR count). The van der Waals surface area contributed by atoms with Gasteiger partial charge in [0, 0.05) is 31.7 Å². The molecule has 0 aliphatic rings. The summed E-state index contributed by atoms with van der Waals surface area (Å²) in [5.74, 6) is 0.283. The Morgan fingerprint density at radius 3 is 2.46 bits per heavy atom. The van der Waals surface area contributed by atoms with E-state index in [-0.39, 0.29) is 23.9 Å². The van der Waals surface area contributed by atoms with Gasteiger partial charge in [0.25, 0.3) is 0 Å². The minimum absolute atomic E-state index is 0.0434. The van der Waals surface area contributed by atoms with Gasteiger partial charge >= 0.3 is 0 Å². The average molecular weight is 390 g/mol. The van der Waals surface area contributed by atoms with Crippen LogP contribution >= 0.6 is 0 Å². The Morgan fingerprint density at radius 2 is 1.89 bits per heavy atom. The lowest BCUT2D eigenvalue weighted by Crippen LogP contribution is -2.46. The number of nitrogens with one attached hydrogen (secondary N) is 1. The standard InChI is InChI=1S/C20H31N5O3/c1-12-14(13(2)21-18-17(12)19(28-8)23-25(18)7)9-10-16(27)24(6)11-15(26)22-20(3,4)5/h9-11H2,1-8H3,(H,22,26). The zero-order valence-electron chi connectivity index (χ0n) is 18.1. The lowest BCUT2D eigenvalue weighted by Gasteiger charge is -2.23. The zero-order chi connectivity index (χ0) is 21.2. The second kappa shape index (κ2) is 8.16. The van der Waals surface area contributed by atoms with Crippen LogP contribution < -0.4 is 10.1 Å². The molecule has 2 heterocycles. The number of hydrogen-bond acceptors (Lipinski definition) is 5. The third-order valence-corrected chi connectivity index (χ3v) is 4.63. The Kier molecular flexibility index (Phi) is 6.31. The van der Waals surface area contributed by atoms with E-state index in [9.17, 15) is 9.59 Å². The Bertz CT molecular complexity index is 896. The predicted molar refractivity (Wildman–Crippen MR) is 108 cm³/mol. The molecular weight excluding hydrogens is 358 g/mol. The number of pyridine rings is 1. The Labute approximate surface area is 166 Å². The fraction of sp³-hybridized carbons (Fsp3) is 0.600. The van der Waals surface area contributed by atoms with Crippen molar-refractivity contribution in [3.63, 3.8) is 0 Å². The minimum Gasteiger partial charge on any atom is -0.479 e. The molecule has 0 aromatic carbocycles. The van der Waals surface area contributed by atoms with Crippen LogP contribution in [0, 0.1) is 13.8 Å². The highest BCUT2D eigenvalue weighted by molar-refractivity contribution is 5.87. The molecule has 0 radical (unpaired) electrons. The van der Waals surface area contributed by atoms with Crippen LogP contribution in [0.3, 0.4) is 0 Å². The molecule has 1 N–H and O–H groups in total. The van der Waals surface area contributed by atoms with Crippen molar-refractivity contribution in [3.8, 4) is 5.88 Å². The van der Waals surface area contributed by atoms with E-state index < -0.39 is 0 Å². The quantitative estimate of drug-likeness (QED) is 0.815. The van der Waals surface area contributed by atoms with E-state index in [2.05, 4.69) is 15.4 Å². The van der Waals surface area contributed by atoms with Crippen molar-refractivity contribution in [3.05, 3.63) is 16.8 Å². The van der Waals surface area contributed by atoms with Crippen molar-refractivity contribution in [1.82, 2.24) is 25.0 Å². The average Bonchev–Trinajstić information content (AvgIpc) is 2.88. The van der Waals surface area contributed by atoms with Gasteiger partial charge in [0.1, 0.15) is 0 Å². The second-order valence-corrected chi connectivity index (χ2v) is 8.18. The van der Waals surface area contributed by atoms with Crippen LogP contribution in [0.15, 0.2) is 0 Å². The highest BCUT2D eigenvalue weighted by Crippen LogP contribution is 2.30. The molecule has 0 bridgehead atoms. The van der Waals surface area contributed by atoms with E-state index in [1.807, 2.05) is 41.7 Å². The van der Waals surface area contributed by atoms with E-state index in [1.54, 1.807) is 18.8 Å². The van der Waals surface area contributed by atoms with Crippen molar-refractivity contribution in [2.45, 2.75) is 53.0 Å². The van der Waals surface area contributed by atoms with Crippen molar-refractivity contribution in [1.29, 1.82) is 0 Å². The van der Waals surface area contributed by atoms with Gasteiger partial charge in [-0.05, 0) is 52.2 Å². The molecule has 154 valence electrons. The van der Waals surface area contributed by atoms with Gasteiger partial charge in [-0.3, -0.25) is 9.59 Å². The first-order valence-corrected chi connectivity index (χ1v) is 9.36. The number of fused-ring (bicyclic) bond motifs is 1. The Morgan fingerprint density at radius 1 is 1.25 bits per heavy atom. The Hall–Kier alpha value is -2.64. The van der Waals surface area contributed by atoms with Gasteiger partial charge in [-0.15, -0.1) is 5.10 Å². The third-order valence-electron chi connectivity index (χ3n) is 4.63. The summed E-state index contributed by atoms with van der Waals surface area (Å²) >= 11 is 0. The summed E-state index contributed by atoms with van der Waals surface area (Å²) in [6.07, 6.45) is 0.847. The van der Waals surface area contributed by atoms with E-state index in [0.29, 0.717) is 18.7 Å². The number of carbonyl (C=O) groups is 2. The van der Waals surface area contributed by atoms with E-state index in [0.717, 1.165) is 27.9 Å². The Balaban J connectivity index is 2.12. The van der Waals surface area contributed by atoms with Crippen LogP contribution in [-0.4, -0.2) is 57.7 Å². The maximum absolute atomic E-state index is 12.5. The van der Waals surface area contributed by atoms with Gasteiger partial charge in [0.05, 0.1) is 19.0 Å². The van der Waals surface area contributed by atoms with Gasteiger partial charge < -0.3 is 15.0 Å². The monoisotopic (exact) mass is 389 g/mol. The predicted octanol–water partition coefficient (Wildman–Crippen LogP) is 1.90. The number of aryl methyl sites for hydroxylation is 3. The molecule has 0 saturated heterocycles. The number of rotatable bonds is 6. The maximum atomic E-state index is 12.5. The molecule has 2 aromatic heterocycles. The molecule has 2 amide bonds. The summed E-state index contributed by atoms with van der Waals surface area (Å²) in [5.41, 5.74) is 3.35. The van der Waals surface area contributed by atoms with Crippen LogP contribution in [0.2, 0.25) is 0 Å². The van der Waals surface area contributed by atoms with Crippen molar-refractivity contribution < 1.29 is 14.3 Å². The zero-order valence-corrected chi connectivity index (χ0v) is 18.1. The van der Waals surface area contributed by atoms with Gasteiger partial charge in [-0.25, -0.2) is 9.67 Å². The largest absolute Gasteiger partial charge is 0.479 e. The third kappa shape index (κ3) is 4.79. The topological polar surface area (TPSA) is 89.3 Å². The summed E-state index contributed by atoms with van der Waals surface area (Å²) < 4.78 is 7.08. The summed E-state index contributed by atoms with van der Waals surface area (Å²) in [6, 6.07) is 0. The lowest BCUT2D eigenvalue weighted by molar-refractivity contribution is -0.135. The first-order chi connectivity index (χ1) is 12.9. The molecule has 2 aromatic rings. The number of methoxy groups -OCH3 is 1. The molecule has 0 saturated carbocycles. The normalized spacial score (nSPS) is 11.6. The van der Waals surface area contributed by atoms with Crippen LogP contribution in [0.5, 0.6) is 5.88 Å². The highest BCUT2D eigenvalue weighted by Gasteiger charge is 2.21. The van der Waals surface area contributed by atoms with Crippen LogP contribution in [0.25, 0.3) is 11.0 Å². The van der Waals surface area contributed by atoms with E-state index in [4.69, 9.17) is 4.74 Å². The van der Waals surface area contributed by atoms with Crippen molar-refractivity contribution in [2.24, 2.45) is 7.05 Å². The fourth-order valence-electron chi connectivity index (χ4n) is 3.29. The summed E-state index contributed by atoms with van der Waals surface area (Å²) in [4.78, 5) is 30.7. The summed E-state index contributed by atoms with van der Waals surface area (Å²) in [5, 5.41) is 8.09. The first kappa shape index (κ1) is 21.7. The molecule has 0 spiro atoms. The maximum Gasteiger partial charge on any atom is 0.242 e. The van der Waals surface area contributed by atoms with E-state index in [1.165, 1.54) is 4.90 Å². The number of hydrogen-bond donors (Lipinski definition) is 1. The molecule has 8 heteroatoms. The first-order valence-electron chi connectivity index (χ1n) is 9.36. The van der Waals surface area contributed by atoms with Crippen LogP contribution in [-0.2, 0) is 23.1 Å². The molecule has 0 atom stereocenters. The molecule has 0 aliphatic carbocycles. The summed E-state index contributed by atoms with van der Waals surface area (Å²) in [7, 11) is 5.06. The van der Waals surface area contributed by atoms with Gasteiger partial charge in [-0.1, -0.05) is 0 Å². The van der Waals surface area contributed by atoms with E-state index >= 15 is 0 Å². The number of amides is 2. The summed E-state index contributed by atoms with van der Waals surface area (Å²) in [6.45, 7) is 9.71. The van der Waals surface area contributed by atoms with Crippen LogP contribution in [0.1, 0.15) is 44.0 Å². The molecule has 8 nitrogen and oxygen atoms in total. The lowest BCUT2D eigenvalue weighted by atomic mass is 10.00. The van der Waals surface area contributed by atoms with Gasteiger partial charge in [0.15, 0.2) is 5.65 Å². The van der Waals surface area contributed by atoms with Crippen molar-refractivity contribution >= 4 is 22.8 Å². The number of ether oxygens (including phenoxy) is 1. The van der Waals surface area contributed by atoms with Crippen molar-refractivity contribution in [2.75, 3.05) is 20.7 Å². The van der Waals surface area contributed by atoms with Gasteiger partial charge in [0.2, 0.25) is 17.7 Å². The molecule has 28 heavy (non-hydrogen) atoms. The minimum atomic E-state index is -0.320. The van der Waals surface area contributed by atoms with Gasteiger partial charge in [-0.2, -0.15) is 0 Å². The molecule has 0 fully saturated rings. The van der Waals surface area contributed by atoms with Crippen LogP contribution in [0.4, 0.5) is 0 Å². The molecule has 0 aliphatic heterocycles. The molecule has 0 unspecified atom stereocenters. The molecular formula is C20H31N5O3. The second-order valence-electron chi connectivity index (χ2n) is 8.18. The smallest absolute Gasteiger partial charge is 0.242 e.